The van der Waals surface area contributed by atoms with Crippen LogP contribution in [0.4, 0.5) is 0 Å². The largest absolute Gasteiger partial charge is 0.496 e. The average Bonchev–Trinajstić information content (AvgIpc) is 2.89. The third kappa shape index (κ3) is 3.11. The predicted molar refractivity (Wildman–Crippen MR) is 72.4 cm³/mol. The minimum Gasteiger partial charge on any atom is -0.496 e. The second-order valence-corrected chi connectivity index (χ2v) is 5.57. The molecular formula is C13H12O2S2. The van der Waals surface area contributed by atoms with Crippen LogP contribution in [0.5, 0.6) is 5.75 Å². The van der Waals surface area contributed by atoms with Crippen LogP contribution in [-0.2, 0) is 0 Å². The van der Waals surface area contributed by atoms with Crippen molar-refractivity contribution in [2.24, 2.45) is 0 Å². The fraction of sp³-hybridized carbons (Fsp3) is 0.154. The van der Waals surface area contributed by atoms with Crippen molar-refractivity contribution in [3.63, 3.8) is 0 Å². The van der Waals surface area contributed by atoms with Gasteiger partial charge < -0.3 is 4.74 Å². The Morgan fingerprint density at radius 2 is 2.12 bits per heavy atom. The summed E-state index contributed by atoms with van der Waals surface area (Å²) in [4.78, 5) is 12.0. The third-order valence-corrected chi connectivity index (χ3v) is 4.38. The van der Waals surface area contributed by atoms with Gasteiger partial charge in [0.1, 0.15) is 5.75 Å². The van der Waals surface area contributed by atoms with Crippen molar-refractivity contribution < 1.29 is 9.53 Å². The van der Waals surface area contributed by atoms with E-state index >= 15 is 0 Å². The second-order valence-electron chi connectivity index (χ2n) is 3.34. The van der Waals surface area contributed by atoms with Gasteiger partial charge >= 0.3 is 0 Å². The summed E-state index contributed by atoms with van der Waals surface area (Å²) in [5, 5.41) is 2.01. The van der Waals surface area contributed by atoms with Gasteiger partial charge in [0.15, 0.2) is 5.78 Å². The molecule has 1 aromatic heterocycles. The van der Waals surface area contributed by atoms with Gasteiger partial charge in [-0.2, -0.15) is 0 Å². The van der Waals surface area contributed by atoms with Gasteiger partial charge in [0, 0.05) is 0 Å². The fourth-order valence-electron chi connectivity index (χ4n) is 1.44. The smallest absolute Gasteiger partial charge is 0.176 e. The molecule has 2 aromatic rings. The number of methoxy groups -OCH3 is 1. The number of hydrogen-bond acceptors (Lipinski definition) is 4. The number of hydrogen-bond donors (Lipinski definition) is 0. The van der Waals surface area contributed by atoms with E-state index in [0.717, 1.165) is 4.21 Å². The minimum absolute atomic E-state index is 0.0980. The lowest BCUT2D eigenvalue weighted by Crippen LogP contribution is -2.04. The SMILES string of the molecule is COc1ccccc1C(=O)CSc1cccs1. The van der Waals surface area contributed by atoms with Crippen molar-refractivity contribution in [1.82, 2.24) is 0 Å². The number of Topliss-reactive ketones (excluding diaryl/α,β-unsaturated/α-hetero) is 1. The third-order valence-electron chi connectivity index (χ3n) is 2.25. The highest BCUT2D eigenvalue weighted by molar-refractivity contribution is 8.01. The van der Waals surface area contributed by atoms with E-state index in [9.17, 15) is 4.79 Å². The molecule has 17 heavy (non-hydrogen) atoms. The second kappa shape index (κ2) is 5.89. The van der Waals surface area contributed by atoms with Crippen LogP contribution in [0.1, 0.15) is 10.4 Å². The number of rotatable bonds is 5. The predicted octanol–water partition coefficient (Wildman–Crippen LogP) is 3.73. The molecule has 0 saturated carbocycles. The Bertz CT molecular complexity index is 492. The van der Waals surface area contributed by atoms with Crippen LogP contribution in [-0.4, -0.2) is 18.6 Å². The summed E-state index contributed by atoms with van der Waals surface area (Å²) in [6, 6.07) is 11.3. The van der Waals surface area contributed by atoms with Gasteiger partial charge in [0.2, 0.25) is 0 Å². The zero-order valence-electron chi connectivity index (χ0n) is 9.38. The Morgan fingerprint density at radius 3 is 2.82 bits per heavy atom. The zero-order chi connectivity index (χ0) is 12.1. The maximum atomic E-state index is 12.0. The van der Waals surface area contributed by atoms with Crippen LogP contribution in [0.3, 0.4) is 0 Å². The molecule has 0 saturated heterocycles. The normalized spacial score (nSPS) is 10.2. The van der Waals surface area contributed by atoms with Crippen LogP contribution in [0.25, 0.3) is 0 Å². The molecule has 0 N–H and O–H groups in total. The zero-order valence-corrected chi connectivity index (χ0v) is 11.0. The van der Waals surface area contributed by atoms with Gasteiger partial charge in [-0.25, -0.2) is 0 Å². The van der Waals surface area contributed by atoms with E-state index in [1.54, 1.807) is 36.3 Å². The Labute approximate surface area is 109 Å². The standard InChI is InChI=1S/C13H12O2S2/c1-15-12-6-3-2-5-10(12)11(14)9-17-13-7-4-8-16-13/h2-8H,9H2,1H3. The highest BCUT2D eigenvalue weighted by Gasteiger charge is 2.11. The quantitative estimate of drug-likeness (QED) is 0.608. The van der Waals surface area contributed by atoms with E-state index < -0.39 is 0 Å². The van der Waals surface area contributed by atoms with E-state index in [2.05, 4.69) is 0 Å². The van der Waals surface area contributed by atoms with E-state index in [0.29, 0.717) is 17.1 Å². The molecule has 0 unspecified atom stereocenters. The first kappa shape index (κ1) is 12.2. The Balaban J connectivity index is 2.04. The molecule has 0 radical (unpaired) electrons. The molecule has 0 aliphatic carbocycles. The first-order chi connectivity index (χ1) is 8.31. The fourth-order valence-corrected chi connectivity index (χ4v) is 3.10. The molecule has 0 fully saturated rings. The number of thioether (sulfide) groups is 1. The summed E-state index contributed by atoms with van der Waals surface area (Å²) in [7, 11) is 1.58. The summed E-state index contributed by atoms with van der Waals surface area (Å²) in [5.41, 5.74) is 0.652. The lowest BCUT2D eigenvalue weighted by Gasteiger charge is -2.06. The highest BCUT2D eigenvalue weighted by atomic mass is 32.2. The summed E-state index contributed by atoms with van der Waals surface area (Å²) < 4.78 is 6.34. The van der Waals surface area contributed by atoms with Crippen molar-refractivity contribution in [3.8, 4) is 5.75 Å². The summed E-state index contributed by atoms with van der Waals surface area (Å²) >= 11 is 3.21. The maximum absolute atomic E-state index is 12.0. The molecule has 0 atom stereocenters. The number of para-hydroxylation sites is 1. The monoisotopic (exact) mass is 264 g/mol. The Hall–Kier alpha value is -1.26. The van der Waals surface area contributed by atoms with Gasteiger partial charge in [0.25, 0.3) is 0 Å². The van der Waals surface area contributed by atoms with Gasteiger partial charge in [-0.3, -0.25) is 4.79 Å². The van der Waals surface area contributed by atoms with E-state index in [4.69, 9.17) is 4.74 Å². The van der Waals surface area contributed by atoms with E-state index in [1.807, 2.05) is 35.7 Å². The average molecular weight is 264 g/mol. The molecule has 0 aliphatic rings. The van der Waals surface area contributed by atoms with E-state index in [1.165, 1.54) is 0 Å². The van der Waals surface area contributed by atoms with Crippen molar-refractivity contribution >= 4 is 28.9 Å². The van der Waals surface area contributed by atoms with Crippen LogP contribution >= 0.6 is 23.1 Å². The molecular weight excluding hydrogens is 252 g/mol. The number of carbonyl (C=O) groups is 1. The van der Waals surface area contributed by atoms with Crippen molar-refractivity contribution in [2.75, 3.05) is 12.9 Å². The maximum Gasteiger partial charge on any atom is 0.176 e. The van der Waals surface area contributed by atoms with Gasteiger partial charge in [-0.05, 0) is 23.6 Å². The minimum atomic E-state index is 0.0980. The number of benzene rings is 1. The lowest BCUT2D eigenvalue weighted by molar-refractivity contribution is 0.101. The van der Waals surface area contributed by atoms with Crippen LogP contribution in [0.2, 0.25) is 0 Å². The molecule has 1 heterocycles. The molecule has 88 valence electrons. The van der Waals surface area contributed by atoms with Gasteiger partial charge in [-0.1, -0.05) is 18.2 Å². The molecule has 0 bridgehead atoms. The summed E-state index contributed by atoms with van der Waals surface area (Å²) in [6.07, 6.45) is 0. The van der Waals surface area contributed by atoms with Crippen molar-refractivity contribution in [3.05, 3.63) is 47.3 Å². The van der Waals surface area contributed by atoms with Gasteiger partial charge in [-0.15, -0.1) is 23.1 Å². The van der Waals surface area contributed by atoms with E-state index in [-0.39, 0.29) is 5.78 Å². The first-order valence-corrected chi connectivity index (χ1v) is 7.00. The molecule has 0 amide bonds. The van der Waals surface area contributed by atoms with Crippen molar-refractivity contribution in [1.29, 1.82) is 0 Å². The highest BCUT2D eigenvalue weighted by Crippen LogP contribution is 2.26. The molecule has 2 nitrogen and oxygen atoms in total. The topological polar surface area (TPSA) is 26.3 Å². The van der Waals surface area contributed by atoms with Crippen LogP contribution in [0.15, 0.2) is 46.0 Å². The van der Waals surface area contributed by atoms with Crippen molar-refractivity contribution in [2.45, 2.75) is 4.21 Å². The molecule has 0 spiro atoms. The Morgan fingerprint density at radius 1 is 1.29 bits per heavy atom. The van der Waals surface area contributed by atoms with Crippen LogP contribution < -0.4 is 4.74 Å². The number of ketones is 1. The molecule has 4 heteroatoms. The molecule has 2 rings (SSSR count). The summed E-state index contributed by atoms with van der Waals surface area (Å²) in [5.74, 6) is 1.19. The van der Waals surface area contributed by atoms with Crippen LogP contribution in [0, 0.1) is 0 Å². The molecule has 0 aliphatic heterocycles. The number of ether oxygens (including phenoxy) is 1. The Kier molecular flexibility index (Phi) is 4.23. The number of thiophene rings is 1. The summed E-state index contributed by atoms with van der Waals surface area (Å²) in [6.45, 7) is 0. The first-order valence-electron chi connectivity index (χ1n) is 5.14. The lowest BCUT2D eigenvalue weighted by atomic mass is 10.1. The van der Waals surface area contributed by atoms with Gasteiger partial charge in [0.05, 0.1) is 22.6 Å². The molecule has 1 aromatic carbocycles. The number of carbonyl (C=O) groups excluding carboxylic acids is 1.